The standard InChI is InChI=1S/C30H28N2O4S2/c1-3-4-16-35-23-14-12-21(13-15-23)18-25-28(33)32-27(24-11-8-17-37-24)26(20(2)31-30(32)38-25)29(34)36-19-22-9-6-5-7-10-22/h5-15,17-18,27H,3-4,16,19H2,1-2H3/b25-18+. The first-order chi connectivity index (χ1) is 18.5. The summed E-state index contributed by atoms with van der Waals surface area (Å²) in [5.41, 5.74) is 2.55. The Morgan fingerprint density at radius 2 is 1.87 bits per heavy atom. The van der Waals surface area contributed by atoms with Crippen molar-refractivity contribution < 1.29 is 14.3 Å². The smallest absolute Gasteiger partial charge is 0.338 e. The van der Waals surface area contributed by atoms with Crippen molar-refractivity contribution in [2.24, 2.45) is 4.99 Å². The lowest BCUT2D eigenvalue weighted by atomic mass is 10.0. The summed E-state index contributed by atoms with van der Waals surface area (Å²) >= 11 is 2.82. The van der Waals surface area contributed by atoms with Crippen LogP contribution in [0.1, 0.15) is 48.7 Å². The van der Waals surface area contributed by atoms with Crippen LogP contribution in [0, 0.1) is 0 Å². The Labute approximate surface area is 228 Å². The zero-order valence-corrected chi connectivity index (χ0v) is 22.9. The van der Waals surface area contributed by atoms with Crippen LogP contribution in [0.15, 0.2) is 93.2 Å². The highest BCUT2D eigenvalue weighted by molar-refractivity contribution is 7.10. The van der Waals surface area contributed by atoms with Gasteiger partial charge in [-0.2, -0.15) is 0 Å². The highest BCUT2D eigenvalue weighted by Gasteiger charge is 2.34. The van der Waals surface area contributed by atoms with Crippen molar-refractivity contribution in [1.29, 1.82) is 0 Å². The zero-order chi connectivity index (χ0) is 26.5. The van der Waals surface area contributed by atoms with Gasteiger partial charge >= 0.3 is 5.97 Å². The number of rotatable bonds is 9. The molecule has 194 valence electrons. The number of benzene rings is 2. The first-order valence-corrected chi connectivity index (χ1v) is 14.2. The van der Waals surface area contributed by atoms with Gasteiger partial charge in [-0.05, 0) is 54.1 Å². The van der Waals surface area contributed by atoms with Gasteiger partial charge in [0, 0.05) is 4.88 Å². The molecule has 8 heteroatoms. The number of fused-ring (bicyclic) bond motifs is 1. The van der Waals surface area contributed by atoms with Crippen LogP contribution in [0.5, 0.6) is 5.75 Å². The molecule has 1 atom stereocenters. The van der Waals surface area contributed by atoms with E-state index in [0.717, 1.165) is 34.6 Å². The van der Waals surface area contributed by atoms with Gasteiger partial charge in [0.25, 0.3) is 5.56 Å². The minimum Gasteiger partial charge on any atom is -0.494 e. The molecule has 1 aliphatic heterocycles. The lowest BCUT2D eigenvalue weighted by Gasteiger charge is -2.23. The SMILES string of the molecule is CCCCOc1ccc(/C=c2/sc3n(c2=O)C(c2cccs2)C(C(=O)OCc2ccccc2)=C(C)N=3)cc1. The summed E-state index contributed by atoms with van der Waals surface area (Å²) in [6.45, 7) is 4.76. The van der Waals surface area contributed by atoms with Crippen molar-refractivity contribution in [2.75, 3.05) is 6.61 Å². The number of ether oxygens (including phenoxy) is 2. The average molecular weight is 545 g/mol. The molecule has 0 saturated heterocycles. The fourth-order valence-corrected chi connectivity index (χ4v) is 6.12. The van der Waals surface area contributed by atoms with Gasteiger partial charge < -0.3 is 9.47 Å². The van der Waals surface area contributed by atoms with Crippen LogP contribution >= 0.6 is 22.7 Å². The molecule has 1 unspecified atom stereocenters. The first kappa shape index (κ1) is 25.9. The average Bonchev–Trinajstić information content (AvgIpc) is 3.57. The Morgan fingerprint density at radius 3 is 2.58 bits per heavy atom. The van der Waals surface area contributed by atoms with Gasteiger partial charge in [-0.25, -0.2) is 9.79 Å². The predicted octanol–water partition coefficient (Wildman–Crippen LogP) is 5.22. The van der Waals surface area contributed by atoms with E-state index in [1.54, 1.807) is 11.5 Å². The lowest BCUT2D eigenvalue weighted by Crippen LogP contribution is -2.39. The number of nitrogens with zero attached hydrogens (tertiary/aromatic N) is 2. The molecule has 2 aromatic carbocycles. The minimum absolute atomic E-state index is 0.149. The topological polar surface area (TPSA) is 69.9 Å². The van der Waals surface area contributed by atoms with Crippen molar-refractivity contribution in [1.82, 2.24) is 4.57 Å². The summed E-state index contributed by atoms with van der Waals surface area (Å²) < 4.78 is 13.6. The van der Waals surface area contributed by atoms with E-state index >= 15 is 0 Å². The van der Waals surface area contributed by atoms with Crippen LogP contribution in [0.2, 0.25) is 0 Å². The molecule has 0 radical (unpaired) electrons. The number of carbonyl (C=O) groups excluding carboxylic acids is 1. The molecule has 0 saturated carbocycles. The Kier molecular flexibility index (Phi) is 8.00. The molecule has 5 rings (SSSR count). The Bertz CT molecular complexity index is 1620. The zero-order valence-electron chi connectivity index (χ0n) is 21.3. The number of hydrogen-bond acceptors (Lipinski definition) is 7. The molecule has 0 spiro atoms. The largest absolute Gasteiger partial charge is 0.494 e. The normalized spacial score (nSPS) is 15.2. The predicted molar refractivity (Wildman–Crippen MR) is 151 cm³/mol. The van der Waals surface area contributed by atoms with Crippen LogP contribution < -0.4 is 19.6 Å². The fraction of sp³-hybridized carbons (Fsp3) is 0.233. The number of carbonyl (C=O) groups is 1. The van der Waals surface area contributed by atoms with E-state index in [9.17, 15) is 9.59 Å². The van der Waals surface area contributed by atoms with Gasteiger partial charge in [-0.3, -0.25) is 9.36 Å². The molecule has 0 aliphatic carbocycles. The van der Waals surface area contributed by atoms with Gasteiger partial charge in [0.05, 0.1) is 22.4 Å². The van der Waals surface area contributed by atoms with Gasteiger partial charge in [-0.15, -0.1) is 11.3 Å². The minimum atomic E-state index is -0.592. The molecule has 38 heavy (non-hydrogen) atoms. The number of aromatic nitrogens is 1. The molecule has 0 bridgehead atoms. The molecule has 6 nitrogen and oxygen atoms in total. The molecule has 0 N–H and O–H groups in total. The van der Waals surface area contributed by atoms with Gasteiger partial charge in [-0.1, -0.05) is 73.2 Å². The molecule has 0 fully saturated rings. The van der Waals surface area contributed by atoms with Crippen LogP contribution in [-0.4, -0.2) is 17.1 Å². The van der Waals surface area contributed by atoms with E-state index < -0.39 is 12.0 Å². The molecule has 0 amide bonds. The van der Waals surface area contributed by atoms with Gasteiger partial charge in [0.1, 0.15) is 18.4 Å². The number of thiophene rings is 1. The third-order valence-corrected chi connectivity index (χ3v) is 8.12. The van der Waals surface area contributed by atoms with E-state index in [1.807, 2.05) is 78.2 Å². The van der Waals surface area contributed by atoms with E-state index in [-0.39, 0.29) is 12.2 Å². The maximum atomic E-state index is 13.7. The highest BCUT2D eigenvalue weighted by Crippen LogP contribution is 2.33. The Balaban J connectivity index is 1.48. The van der Waals surface area contributed by atoms with Crippen LogP contribution in [0.3, 0.4) is 0 Å². The Morgan fingerprint density at radius 1 is 1.08 bits per heavy atom. The molecule has 3 heterocycles. The quantitative estimate of drug-likeness (QED) is 0.214. The number of unbranched alkanes of at least 4 members (excludes halogenated alkanes) is 1. The van der Waals surface area contributed by atoms with Crippen molar-refractivity contribution in [3.63, 3.8) is 0 Å². The van der Waals surface area contributed by atoms with Crippen molar-refractivity contribution in [3.05, 3.63) is 119 Å². The van der Waals surface area contributed by atoms with Gasteiger partial charge in [0.2, 0.25) is 0 Å². The third-order valence-electron chi connectivity index (χ3n) is 6.21. The summed E-state index contributed by atoms with van der Waals surface area (Å²) in [4.78, 5) is 33.2. The van der Waals surface area contributed by atoms with E-state index in [2.05, 4.69) is 11.9 Å². The number of hydrogen-bond donors (Lipinski definition) is 0. The van der Waals surface area contributed by atoms with Crippen molar-refractivity contribution in [2.45, 2.75) is 39.3 Å². The molecular formula is C30H28N2O4S2. The second-order valence-electron chi connectivity index (χ2n) is 8.93. The van der Waals surface area contributed by atoms with E-state index in [1.165, 1.54) is 22.7 Å². The monoisotopic (exact) mass is 544 g/mol. The number of esters is 1. The van der Waals surface area contributed by atoms with E-state index in [0.29, 0.717) is 27.2 Å². The first-order valence-electron chi connectivity index (χ1n) is 12.5. The molecule has 1 aliphatic rings. The second-order valence-corrected chi connectivity index (χ2v) is 10.9. The van der Waals surface area contributed by atoms with Crippen LogP contribution in [0.25, 0.3) is 6.08 Å². The van der Waals surface area contributed by atoms with Crippen LogP contribution in [0.4, 0.5) is 0 Å². The summed E-state index contributed by atoms with van der Waals surface area (Å²) in [5.74, 6) is 0.338. The molecular weight excluding hydrogens is 516 g/mol. The van der Waals surface area contributed by atoms with Crippen LogP contribution in [-0.2, 0) is 16.1 Å². The maximum absolute atomic E-state index is 13.7. The Hall–Kier alpha value is -3.75. The number of thiazole rings is 1. The summed E-state index contributed by atoms with van der Waals surface area (Å²) in [6, 6.07) is 20.5. The van der Waals surface area contributed by atoms with E-state index in [4.69, 9.17) is 9.47 Å². The summed E-state index contributed by atoms with van der Waals surface area (Å²) in [7, 11) is 0. The lowest BCUT2D eigenvalue weighted by molar-refractivity contribution is -0.140. The highest BCUT2D eigenvalue weighted by atomic mass is 32.1. The van der Waals surface area contributed by atoms with Crippen molar-refractivity contribution >= 4 is 34.7 Å². The molecule has 4 aromatic rings. The summed E-state index contributed by atoms with van der Waals surface area (Å²) in [5, 5.41) is 1.94. The number of allylic oxidation sites excluding steroid dienone is 1. The van der Waals surface area contributed by atoms with Gasteiger partial charge in [0.15, 0.2) is 4.80 Å². The maximum Gasteiger partial charge on any atom is 0.338 e. The third kappa shape index (κ3) is 5.56. The second kappa shape index (κ2) is 11.8. The fourth-order valence-electron chi connectivity index (χ4n) is 4.25. The molecule has 2 aromatic heterocycles. The van der Waals surface area contributed by atoms with Crippen molar-refractivity contribution in [3.8, 4) is 5.75 Å². The summed E-state index contributed by atoms with van der Waals surface area (Å²) in [6.07, 6.45) is 3.95.